The quantitative estimate of drug-likeness (QED) is 0.865. The number of amidine groups is 1. The van der Waals surface area contributed by atoms with Gasteiger partial charge in [-0.1, -0.05) is 6.92 Å². The minimum atomic E-state index is 0.139. The van der Waals surface area contributed by atoms with E-state index in [-0.39, 0.29) is 11.2 Å². The second-order valence-corrected chi connectivity index (χ2v) is 6.47. The van der Waals surface area contributed by atoms with Crippen molar-refractivity contribution in [1.29, 1.82) is 0 Å². The summed E-state index contributed by atoms with van der Waals surface area (Å²) in [6.45, 7) is 3.95. The number of aromatic nitrogens is 5. The minimum absolute atomic E-state index is 0.139. The SMILES string of the molecule is CCc1c(C)nc(N)nc1N1N=C1Sc1nc(Cl)nc(N(C)C)n1. The Bertz CT molecular complexity index is 823. The number of nitrogens with zero attached hydrogens (tertiary/aromatic N) is 8. The summed E-state index contributed by atoms with van der Waals surface area (Å²) in [5.41, 5.74) is 7.61. The van der Waals surface area contributed by atoms with E-state index in [0.29, 0.717) is 22.1 Å². The van der Waals surface area contributed by atoms with Gasteiger partial charge in [0.05, 0.1) is 0 Å². The maximum absolute atomic E-state index is 5.95. The van der Waals surface area contributed by atoms with Crippen molar-refractivity contribution in [2.45, 2.75) is 25.4 Å². The number of thioether (sulfide) groups is 1. The van der Waals surface area contributed by atoms with E-state index in [4.69, 9.17) is 17.3 Å². The van der Waals surface area contributed by atoms with Crippen LogP contribution in [-0.2, 0) is 6.42 Å². The highest BCUT2D eigenvalue weighted by Gasteiger charge is 2.32. The van der Waals surface area contributed by atoms with Crippen LogP contribution in [0.5, 0.6) is 0 Å². The Morgan fingerprint density at radius 3 is 2.58 bits per heavy atom. The number of hydrazone groups is 1. The number of hydrogen-bond acceptors (Lipinski definition) is 10. The van der Waals surface area contributed by atoms with Crippen LogP contribution in [0.25, 0.3) is 0 Å². The van der Waals surface area contributed by atoms with E-state index >= 15 is 0 Å². The first-order valence-electron chi connectivity index (χ1n) is 7.17. The molecule has 1 aliphatic rings. The summed E-state index contributed by atoms with van der Waals surface area (Å²) in [4.78, 5) is 22.8. The highest BCUT2D eigenvalue weighted by molar-refractivity contribution is 8.14. The summed E-state index contributed by atoms with van der Waals surface area (Å²) in [6.07, 6.45) is 0.785. The molecule has 2 aromatic heterocycles. The Kier molecular flexibility index (Phi) is 4.41. The largest absolute Gasteiger partial charge is 0.368 e. The first kappa shape index (κ1) is 16.7. The Morgan fingerprint density at radius 2 is 1.92 bits per heavy atom. The first-order valence-corrected chi connectivity index (χ1v) is 8.37. The fourth-order valence-electron chi connectivity index (χ4n) is 2.11. The van der Waals surface area contributed by atoms with E-state index in [2.05, 4.69) is 30.0 Å². The van der Waals surface area contributed by atoms with Crippen LogP contribution in [0.3, 0.4) is 0 Å². The lowest BCUT2D eigenvalue weighted by atomic mass is 10.2. The van der Waals surface area contributed by atoms with Gasteiger partial charge >= 0.3 is 0 Å². The minimum Gasteiger partial charge on any atom is -0.368 e. The lowest BCUT2D eigenvalue weighted by molar-refractivity contribution is 0.868. The van der Waals surface area contributed by atoms with Crippen LogP contribution in [0.1, 0.15) is 18.2 Å². The van der Waals surface area contributed by atoms with Gasteiger partial charge in [-0.15, -0.1) is 5.10 Å². The average Bonchev–Trinajstić information content (AvgIpc) is 3.24. The van der Waals surface area contributed by atoms with Crippen molar-refractivity contribution in [1.82, 2.24) is 24.9 Å². The van der Waals surface area contributed by atoms with Crippen molar-refractivity contribution in [2.75, 3.05) is 29.7 Å². The van der Waals surface area contributed by atoms with Crippen molar-refractivity contribution in [2.24, 2.45) is 5.10 Å². The maximum Gasteiger partial charge on any atom is 0.230 e. The van der Waals surface area contributed by atoms with Gasteiger partial charge in [0.2, 0.25) is 27.5 Å². The molecule has 11 heteroatoms. The molecule has 2 aromatic rings. The summed E-state index contributed by atoms with van der Waals surface area (Å²) in [7, 11) is 3.67. The molecule has 0 saturated carbocycles. The number of rotatable bonds is 4. The molecule has 3 rings (SSSR count). The molecular weight excluding hydrogens is 350 g/mol. The monoisotopic (exact) mass is 365 g/mol. The van der Waals surface area contributed by atoms with E-state index < -0.39 is 0 Å². The second kappa shape index (κ2) is 6.36. The van der Waals surface area contributed by atoms with Gasteiger partial charge < -0.3 is 10.6 Å². The normalized spacial score (nSPS) is 13.0. The van der Waals surface area contributed by atoms with Crippen molar-refractivity contribution in [3.8, 4) is 0 Å². The third kappa shape index (κ3) is 3.34. The molecule has 3 heterocycles. The molecule has 0 unspecified atom stereocenters. The zero-order valence-electron chi connectivity index (χ0n) is 13.6. The Hall–Kier alpha value is -2.20. The number of nitrogens with two attached hydrogens (primary N) is 1. The molecular formula is C13H16ClN9S. The number of halogens is 1. The summed E-state index contributed by atoms with van der Waals surface area (Å²) in [6, 6.07) is 0. The summed E-state index contributed by atoms with van der Waals surface area (Å²) >= 11 is 7.24. The molecule has 126 valence electrons. The average molecular weight is 366 g/mol. The lowest BCUT2D eigenvalue weighted by Gasteiger charge is -2.11. The topological polar surface area (TPSA) is 109 Å². The predicted molar refractivity (Wildman–Crippen MR) is 95.5 cm³/mol. The molecule has 0 aliphatic carbocycles. The van der Waals surface area contributed by atoms with Crippen LogP contribution < -0.4 is 15.6 Å². The van der Waals surface area contributed by atoms with E-state index in [1.165, 1.54) is 11.8 Å². The number of nitrogen functional groups attached to an aromatic ring is 1. The van der Waals surface area contributed by atoms with Crippen LogP contribution in [0, 0.1) is 6.92 Å². The zero-order chi connectivity index (χ0) is 17.4. The molecule has 9 nitrogen and oxygen atoms in total. The molecule has 0 fully saturated rings. The van der Waals surface area contributed by atoms with E-state index in [9.17, 15) is 0 Å². The van der Waals surface area contributed by atoms with Gasteiger partial charge in [-0.3, -0.25) is 0 Å². The third-order valence-electron chi connectivity index (χ3n) is 3.25. The number of hydrogen-bond donors (Lipinski definition) is 1. The van der Waals surface area contributed by atoms with Crippen LogP contribution >= 0.6 is 23.4 Å². The van der Waals surface area contributed by atoms with Crippen molar-refractivity contribution in [3.05, 3.63) is 16.5 Å². The fourth-order valence-corrected chi connectivity index (χ4v) is 3.03. The Labute approximate surface area is 148 Å². The molecule has 0 bridgehead atoms. The maximum atomic E-state index is 5.95. The van der Waals surface area contributed by atoms with Crippen LogP contribution in [0.2, 0.25) is 5.28 Å². The lowest BCUT2D eigenvalue weighted by Crippen LogP contribution is -2.14. The van der Waals surface area contributed by atoms with Crippen molar-refractivity contribution < 1.29 is 0 Å². The fraction of sp³-hybridized carbons (Fsp3) is 0.385. The molecule has 0 spiro atoms. The van der Waals surface area contributed by atoms with Gasteiger partial charge in [0.1, 0.15) is 0 Å². The smallest absolute Gasteiger partial charge is 0.230 e. The summed E-state index contributed by atoms with van der Waals surface area (Å²) in [5, 5.41) is 7.36. The predicted octanol–water partition coefficient (Wildman–Crippen LogP) is 1.72. The Balaban J connectivity index is 1.81. The van der Waals surface area contributed by atoms with Gasteiger partial charge in [-0.05, 0) is 36.7 Å². The van der Waals surface area contributed by atoms with Gasteiger partial charge in [-0.25, -0.2) is 4.98 Å². The van der Waals surface area contributed by atoms with Gasteiger partial charge in [0.25, 0.3) is 0 Å². The molecule has 0 amide bonds. The van der Waals surface area contributed by atoms with Gasteiger partial charge in [0.15, 0.2) is 5.82 Å². The van der Waals surface area contributed by atoms with Crippen LogP contribution in [0.15, 0.2) is 10.3 Å². The van der Waals surface area contributed by atoms with E-state index in [1.54, 1.807) is 9.91 Å². The second-order valence-electron chi connectivity index (χ2n) is 5.20. The first-order chi connectivity index (χ1) is 11.4. The standard InChI is InChI=1S/C13H16ClN9S/c1-5-7-6(2)16-10(15)17-8(7)23-13(21-23)24-12-19-9(14)18-11(20-12)22(3)4/h5H2,1-4H3,(H2,15,16,17). The number of anilines is 3. The zero-order valence-corrected chi connectivity index (χ0v) is 15.2. The van der Waals surface area contributed by atoms with Crippen molar-refractivity contribution >= 4 is 46.2 Å². The molecule has 0 aromatic carbocycles. The van der Waals surface area contributed by atoms with E-state index in [0.717, 1.165) is 17.7 Å². The van der Waals surface area contributed by atoms with Gasteiger partial charge in [0, 0.05) is 25.4 Å². The third-order valence-corrected chi connectivity index (χ3v) is 4.22. The Morgan fingerprint density at radius 1 is 1.17 bits per heavy atom. The number of aryl methyl sites for hydroxylation is 1. The molecule has 0 saturated heterocycles. The van der Waals surface area contributed by atoms with Crippen LogP contribution in [-0.4, -0.2) is 44.2 Å². The highest BCUT2D eigenvalue weighted by atomic mass is 35.5. The molecule has 1 aliphatic heterocycles. The summed E-state index contributed by atoms with van der Waals surface area (Å²) in [5.74, 6) is 1.41. The van der Waals surface area contributed by atoms with Crippen LogP contribution in [0.4, 0.5) is 17.7 Å². The van der Waals surface area contributed by atoms with E-state index in [1.807, 2.05) is 27.9 Å². The van der Waals surface area contributed by atoms with Crippen molar-refractivity contribution in [3.63, 3.8) is 0 Å². The molecule has 0 atom stereocenters. The molecule has 24 heavy (non-hydrogen) atoms. The summed E-state index contributed by atoms with van der Waals surface area (Å²) < 4.78 is 0. The highest BCUT2D eigenvalue weighted by Crippen LogP contribution is 2.35. The van der Waals surface area contributed by atoms with Gasteiger partial charge in [-0.2, -0.15) is 24.9 Å². The molecule has 0 radical (unpaired) electrons. The molecule has 2 N–H and O–H groups in total.